The van der Waals surface area contributed by atoms with E-state index in [4.69, 9.17) is 4.42 Å². The molecule has 1 N–H and O–H groups in total. The zero-order chi connectivity index (χ0) is 47.6. The molecule has 2 aliphatic carbocycles. The van der Waals surface area contributed by atoms with Crippen LogP contribution in [0.1, 0.15) is 109 Å². The third-order valence-corrected chi connectivity index (χ3v) is 16.6. The lowest BCUT2D eigenvalue weighted by molar-refractivity contribution is 0.332. The smallest absolute Gasteiger partial charge is 0.197 e. The third kappa shape index (κ3) is 7.16. The number of aryl methyl sites for hydroxylation is 1. The molecule has 0 amide bonds. The Morgan fingerprint density at radius 3 is 1.75 bits per heavy atom. The molecular formula is C65H62BN2O. The van der Waals surface area contributed by atoms with Crippen LogP contribution in [0.5, 0.6) is 0 Å². The van der Waals surface area contributed by atoms with Crippen molar-refractivity contribution in [2.45, 2.75) is 110 Å². The van der Waals surface area contributed by atoms with Crippen molar-refractivity contribution in [3.63, 3.8) is 0 Å². The number of para-hydroxylation sites is 1. The Hall–Kier alpha value is -6.78. The van der Waals surface area contributed by atoms with E-state index in [1.807, 2.05) is 0 Å². The van der Waals surface area contributed by atoms with Crippen LogP contribution in [-0.2, 0) is 21.7 Å². The summed E-state index contributed by atoms with van der Waals surface area (Å²) in [6.45, 7) is 21.7. The molecule has 1 aliphatic heterocycles. The zero-order valence-corrected chi connectivity index (χ0v) is 41.8. The highest BCUT2D eigenvalue weighted by Crippen LogP contribution is 2.52. The molecule has 0 bridgehead atoms. The van der Waals surface area contributed by atoms with Crippen LogP contribution in [-0.4, -0.2) is 7.28 Å². The molecule has 0 saturated heterocycles. The molecule has 9 aromatic rings. The zero-order valence-electron chi connectivity index (χ0n) is 41.8. The highest BCUT2D eigenvalue weighted by molar-refractivity contribution is 6.73. The number of fused-ring (bicyclic) bond motifs is 7. The van der Waals surface area contributed by atoms with E-state index >= 15 is 0 Å². The normalized spacial score (nSPS) is 17.1. The second-order valence-corrected chi connectivity index (χ2v) is 23.0. The van der Waals surface area contributed by atoms with Gasteiger partial charge in [0.15, 0.2) is 12.9 Å². The molecule has 1 radical (unpaired) electrons. The summed E-state index contributed by atoms with van der Waals surface area (Å²) in [7, 11) is 2.44. The number of nitrogens with zero attached hydrogens (tertiary/aromatic N) is 1. The molecule has 12 rings (SSSR count). The van der Waals surface area contributed by atoms with E-state index in [1.54, 1.807) is 0 Å². The molecule has 2 heterocycles. The van der Waals surface area contributed by atoms with Crippen molar-refractivity contribution in [3.8, 4) is 33.4 Å². The van der Waals surface area contributed by atoms with Gasteiger partial charge in [-0.3, -0.25) is 0 Å². The topological polar surface area (TPSA) is 28.4 Å². The van der Waals surface area contributed by atoms with Crippen molar-refractivity contribution in [1.82, 2.24) is 0 Å². The summed E-state index contributed by atoms with van der Waals surface area (Å²) in [5.41, 5.74) is 24.1. The van der Waals surface area contributed by atoms with E-state index in [0.717, 1.165) is 68.5 Å². The van der Waals surface area contributed by atoms with Gasteiger partial charge in [-0.15, -0.1) is 0 Å². The Kier molecular flexibility index (Phi) is 9.85. The Bertz CT molecular complexity index is 3520. The van der Waals surface area contributed by atoms with Gasteiger partial charge < -0.3 is 14.6 Å². The fourth-order valence-electron chi connectivity index (χ4n) is 12.1. The van der Waals surface area contributed by atoms with Crippen LogP contribution in [0, 0.1) is 6.92 Å². The Balaban J connectivity index is 1.14. The highest BCUT2D eigenvalue weighted by Gasteiger charge is 2.40. The van der Waals surface area contributed by atoms with Gasteiger partial charge in [0.2, 0.25) is 0 Å². The molecule has 0 spiro atoms. The number of furan rings is 1. The second kappa shape index (κ2) is 15.6. The molecule has 0 fully saturated rings. The number of hydrogen-bond acceptors (Lipinski definition) is 3. The van der Waals surface area contributed by atoms with Gasteiger partial charge in [0, 0.05) is 39.1 Å². The lowest BCUT2D eigenvalue weighted by Crippen LogP contribution is -2.41. The summed E-state index contributed by atoms with van der Waals surface area (Å²) >= 11 is 0. The fraction of sp³-hybridized carbons (Fsp3) is 0.262. The molecule has 0 atom stereocenters. The maximum atomic E-state index is 6.99. The van der Waals surface area contributed by atoms with Crippen LogP contribution >= 0.6 is 0 Å². The van der Waals surface area contributed by atoms with Gasteiger partial charge in [-0.05, 0) is 164 Å². The largest absolute Gasteiger partial charge is 0.454 e. The van der Waals surface area contributed by atoms with Gasteiger partial charge in [0.1, 0.15) is 5.58 Å². The van der Waals surface area contributed by atoms with Gasteiger partial charge >= 0.3 is 0 Å². The fourth-order valence-corrected chi connectivity index (χ4v) is 12.1. The first-order chi connectivity index (χ1) is 33.1. The summed E-state index contributed by atoms with van der Waals surface area (Å²) in [6, 6.07) is 58.9. The van der Waals surface area contributed by atoms with Crippen LogP contribution in [0.4, 0.5) is 28.4 Å². The quantitative estimate of drug-likeness (QED) is 0.169. The molecule has 69 heavy (non-hydrogen) atoms. The van der Waals surface area contributed by atoms with Crippen molar-refractivity contribution in [3.05, 3.63) is 186 Å². The molecule has 8 aromatic carbocycles. The van der Waals surface area contributed by atoms with E-state index in [-0.39, 0.29) is 21.7 Å². The Labute approximate surface area is 409 Å². The Morgan fingerprint density at radius 2 is 1.06 bits per heavy atom. The van der Waals surface area contributed by atoms with E-state index in [0.29, 0.717) is 0 Å². The number of rotatable bonds is 6. The highest BCUT2D eigenvalue weighted by atomic mass is 16.3. The maximum Gasteiger partial charge on any atom is 0.197 e. The molecular weight excluding hydrogens is 836 g/mol. The van der Waals surface area contributed by atoms with Crippen molar-refractivity contribution in [2.24, 2.45) is 0 Å². The minimum absolute atomic E-state index is 0.0357. The van der Waals surface area contributed by atoms with E-state index in [9.17, 15) is 0 Å². The molecule has 0 saturated carbocycles. The SMILES string of the molecule is Cc1cc2c(cc1N1c3cc(-c4ccccc4)ccc3[B]c3c(-c4ccc5c(oc6ccccc65)c4Nc4ccc5c(c4)C(C)(C)CCC5(C)C)cc(-c4ccccc4)cc31)C(C)(C)CCC2(C)C. The average molecular weight is 898 g/mol. The minimum Gasteiger partial charge on any atom is -0.454 e. The predicted octanol–water partition coefficient (Wildman–Crippen LogP) is 16.8. The van der Waals surface area contributed by atoms with Crippen molar-refractivity contribution >= 4 is 68.6 Å². The third-order valence-electron chi connectivity index (χ3n) is 16.6. The van der Waals surface area contributed by atoms with E-state index in [1.165, 1.54) is 79.6 Å². The maximum absolute atomic E-state index is 6.99. The number of anilines is 5. The van der Waals surface area contributed by atoms with E-state index in [2.05, 4.69) is 238 Å². The summed E-state index contributed by atoms with van der Waals surface area (Å²) < 4.78 is 6.99. The van der Waals surface area contributed by atoms with Crippen molar-refractivity contribution < 1.29 is 4.42 Å². The first kappa shape index (κ1) is 43.5. The molecule has 3 aliphatic rings. The number of nitrogens with one attached hydrogen (secondary N) is 1. The van der Waals surface area contributed by atoms with Crippen LogP contribution in [0.15, 0.2) is 162 Å². The molecule has 0 unspecified atom stereocenters. The average Bonchev–Trinajstić information content (AvgIpc) is 3.73. The van der Waals surface area contributed by atoms with Crippen LogP contribution in [0.3, 0.4) is 0 Å². The number of hydrogen-bond donors (Lipinski definition) is 1. The molecule has 4 heteroatoms. The lowest BCUT2D eigenvalue weighted by atomic mass is 9.57. The minimum atomic E-state index is 0.0357. The lowest BCUT2D eigenvalue weighted by Gasteiger charge is -2.44. The first-order valence-corrected chi connectivity index (χ1v) is 25.2. The van der Waals surface area contributed by atoms with Gasteiger partial charge in [0.05, 0.1) is 5.69 Å². The molecule has 3 nitrogen and oxygen atoms in total. The van der Waals surface area contributed by atoms with Crippen molar-refractivity contribution in [2.75, 3.05) is 10.2 Å². The van der Waals surface area contributed by atoms with Crippen LogP contribution in [0.2, 0.25) is 0 Å². The summed E-state index contributed by atoms with van der Waals surface area (Å²) in [6.07, 6.45) is 4.65. The predicted molar refractivity (Wildman–Crippen MR) is 295 cm³/mol. The second-order valence-electron chi connectivity index (χ2n) is 23.0. The molecule has 1 aromatic heterocycles. The van der Waals surface area contributed by atoms with Gasteiger partial charge in [-0.25, -0.2) is 0 Å². The monoisotopic (exact) mass is 897 g/mol. The van der Waals surface area contributed by atoms with Gasteiger partial charge in [-0.1, -0.05) is 170 Å². The first-order valence-electron chi connectivity index (χ1n) is 25.2. The van der Waals surface area contributed by atoms with Crippen molar-refractivity contribution in [1.29, 1.82) is 0 Å². The van der Waals surface area contributed by atoms with Gasteiger partial charge in [0.25, 0.3) is 0 Å². The Morgan fingerprint density at radius 1 is 0.464 bits per heavy atom. The van der Waals surface area contributed by atoms with Crippen LogP contribution in [0.25, 0.3) is 55.3 Å². The van der Waals surface area contributed by atoms with Gasteiger partial charge in [-0.2, -0.15) is 0 Å². The summed E-state index contributed by atoms with van der Waals surface area (Å²) in [4.78, 5) is 2.60. The number of benzene rings is 8. The van der Waals surface area contributed by atoms with E-state index < -0.39 is 0 Å². The standard InChI is InChI=1S/C65H62BN2O/c1-40-34-51-53(65(8,9)33-32-63(51,4)5)39-55(40)68-56-36-43(41-18-12-10-13-19-41)24-29-54(56)66-59-49(35-44(37-57(59)68)42-20-14-11-15-21-42)47-26-27-48-46-22-16-17-23-58(46)69-61(48)60(47)67-45-25-28-50-52(38-45)64(6,7)31-30-62(50,2)3/h10-29,34-39,67H,30-33H2,1-9H3. The molecule has 341 valence electrons. The summed E-state index contributed by atoms with van der Waals surface area (Å²) in [5, 5.41) is 6.30. The van der Waals surface area contributed by atoms with Crippen LogP contribution < -0.4 is 21.1 Å². The summed E-state index contributed by atoms with van der Waals surface area (Å²) in [5.74, 6) is 0.